The van der Waals surface area contributed by atoms with E-state index in [0.29, 0.717) is 6.54 Å². The van der Waals surface area contributed by atoms with E-state index in [1.165, 1.54) is 12.1 Å². The van der Waals surface area contributed by atoms with Crippen LogP contribution in [0.25, 0.3) is 0 Å². The molecule has 1 rings (SSSR count). The first-order valence-corrected chi connectivity index (χ1v) is 3.69. The highest BCUT2D eigenvalue weighted by atomic mass is 19.1. The predicted octanol–water partition coefficient (Wildman–Crippen LogP) is 1.44. The summed E-state index contributed by atoms with van der Waals surface area (Å²) in [7, 11) is 0. The number of benzene rings is 1. The summed E-state index contributed by atoms with van der Waals surface area (Å²) in [5.41, 5.74) is 1.03. The van der Waals surface area contributed by atoms with E-state index >= 15 is 0 Å². The lowest BCUT2D eigenvalue weighted by molar-refractivity contribution is 0.627. The predicted molar refractivity (Wildman–Crippen MR) is 43.7 cm³/mol. The lowest BCUT2D eigenvalue weighted by Gasteiger charge is -1.98. The fourth-order valence-corrected chi connectivity index (χ4v) is 0.914. The molecule has 1 aromatic rings. The Morgan fingerprint density at radius 3 is 2.58 bits per heavy atom. The molecule has 0 saturated carbocycles. The van der Waals surface area contributed by atoms with Crippen molar-refractivity contribution in [1.29, 1.82) is 5.26 Å². The van der Waals surface area contributed by atoms with Gasteiger partial charge in [0.1, 0.15) is 5.82 Å². The van der Waals surface area contributed by atoms with E-state index in [2.05, 4.69) is 5.32 Å². The summed E-state index contributed by atoms with van der Waals surface area (Å²) in [6.07, 6.45) is 2.57. The van der Waals surface area contributed by atoms with Crippen molar-refractivity contribution in [3.05, 3.63) is 35.6 Å². The molecular formula is C9H9FN2. The zero-order valence-electron chi connectivity index (χ0n) is 6.55. The third-order valence-corrected chi connectivity index (χ3v) is 1.53. The van der Waals surface area contributed by atoms with Crippen LogP contribution >= 0.6 is 0 Å². The summed E-state index contributed by atoms with van der Waals surface area (Å²) in [6.45, 7) is 0.599. The van der Waals surface area contributed by atoms with Crippen molar-refractivity contribution in [3.63, 3.8) is 0 Å². The molecule has 1 aromatic carbocycles. The minimum atomic E-state index is -0.230. The van der Waals surface area contributed by atoms with Gasteiger partial charge in [0.25, 0.3) is 0 Å². The molecule has 0 bridgehead atoms. The number of halogens is 1. The second-order valence-corrected chi connectivity index (χ2v) is 2.42. The van der Waals surface area contributed by atoms with E-state index in [-0.39, 0.29) is 5.82 Å². The molecule has 62 valence electrons. The van der Waals surface area contributed by atoms with Gasteiger partial charge in [-0.3, -0.25) is 0 Å². The minimum absolute atomic E-state index is 0.230. The van der Waals surface area contributed by atoms with Crippen LogP contribution in [0.2, 0.25) is 0 Å². The van der Waals surface area contributed by atoms with E-state index in [9.17, 15) is 4.39 Å². The Kier molecular flexibility index (Phi) is 3.09. The monoisotopic (exact) mass is 164 g/mol. The van der Waals surface area contributed by atoms with Crippen molar-refractivity contribution >= 4 is 0 Å². The Morgan fingerprint density at radius 1 is 1.33 bits per heavy atom. The highest BCUT2D eigenvalue weighted by Crippen LogP contribution is 2.02. The van der Waals surface area contributed by atoms with Crippen LogP contribution in [-0.4, -0.2) is 6.54 Å². The molecule has 0 aliphatic carbocycles. The summed E-state index contributed by atoms with van der Waals surface area (Å²) in [5, 5.41) is 10.7. The molecule has 0 aliphatic heterocycles. The van der Waals surface area contributed by atoms with Crippen LogP contribution < -0.4 is 5.32 Å². The zero-order chi connectivity index (χ0) is 8.81. The molecule has 0 aliphatic rings. The van der Waals surface area contributed by atoms with E-state index in [0.717, 1.165) is 12.0 Å². The Balaban J connectivity index is 2.43. The minimum Gasteiger partial charge on any atom is -0.324 e. The maximum absolute atomic E-state index is 12.4. The van der Waals surface area contributed by atoms with E-state index in [1.54, 1.807) is 12.1 Å². The van der Waals surface area contributed by atoms with Gasteiger partial charge in [-0.25, -0.2) is 4.39 Å². The fourth-order valence-electron chi connectivity index (χ4n) is 0.914. The Bertz CT molecular complexity index is 274. The van der Waals surface area contributed by atoms with Crippen molar-refractivity contribution < 1.29 is 4.39 Å². The zero-order valence-corrected chi connectivity index (χ0v) is 6.55. The molecule has 0 radical (unpaired) electrons. The average molecular weight is 164 g/mol. The van der Waals surface area contributed by atoms with Gasteiger partial charge in [0.05, 0.1) is 0 Å². The molecule has 0 heterocycles. The highest BCUT2D eigenvalue weighted by Gasteiger charge is 1.92. The second kappa shape index (κ2) is 4.35. The molecule has 3 heteroatoms. The highest BCUT2D eigenvalue weighted by molar-refractivity contribution is 5.16. The molecule has 0 amide bonds. The Hall–Kier alpha value is -1.56. The van der Waals surface area contributed by atoms with Crippen LogP contribution in [0.3, 0.4) is 0 Å². The summed E-state index contributed by atoms with van der Waals surface area (Å²) in [5.74, 6) is -0.230. The average Bonchev–Trinajstić information content (AvgIpc) is 2.09. The molecule has 0 aromatic heterocycles. The van der Waals surface area contributed by atoms with Crippen LogP contribution in [0.1, 0.15) is 5.56 Å². The molecule has 1 N–H and O–H groups in total. The van der Waals surface area contributed by atoms with Crippen molar-refractivity contribution in [2.45, 2.75) is 6.42 Å². The van der Waals surface area contributed by atoms with Gasteiger partial charge in [-0.2, -0.15) is 5.26 Å². The first kappa shape index (κ1) is 8.54. The van der Waals surface area contributed by atoms with Gasteiger partial charge in [-0.05, 0) is 24.1 Å². The summed E-state index contributed by atoms with van der Waals surface area (Å²) in [4.78, 5) is 0. The summed E-state index contributed by atoms with van der Waals surface area (Å²) in [6, 6.07) is 6.27. The number of nitriles is 1. The van der Waals surface area contributed by atoms with E-state index in [1.807, 2.05) is 6.19 Å². The summed E-state index contributed by atoms with van der Waals surface area (Å²) < 4.78 is 12.4. The molecular weight excluding hydrogens is 155 g/mol. The number of hydrogen-bond donors (Lipinski definition) is 1. The topological polar surface area (TPSA) is 35.8 Å². The SMILES string of the molecule is N#CNCCc1ccc(F)cc1. The van der Waals surface area contributed by atoms with Gasteiger partial charge >= 0.3 is 0 Å². The lowest BCUT2D eigenvalue weighted by atomic mass is 10.1. The molecule has 12 heavy (non-hydrogen) atoms. The largest absolute Gasteiger partial charge is 0.324 e. The Labute approximate surface area is 70.6 Å². The van der Waals surface area contributed by atoms with Gasteiger partial charge in [0.2, 0.25) is 0 Å². The molecule has 0 atom stereocenters. The molecule has 2 nitrogen and oxygen atoms in total. The Morgan fingerprint density at radius 2 is 2.00 bits per heavy atom. The van der Waals surface area contributed by atoms with Gasteiger partial charge < -0.3 is 5.32 Å². The van der Waals surface area contributed by atoms with Crippen LogP contribution in [0.5, 0.6) is 0 Å². The smallest absolute Gasteiger partial charge is 0.176 e. The molecule has 0 unspecified atom stereocenters. The van der Waals surface area contributed by atoms with Gasteiger partial charge in [0.15, 0.2) is 6.19 Å². The lowest BCUT2D eigenvalue weighted by Crippen LogP contribution is -2.09. The van der Waals surface area contributed by atoms with Crippen LogP contribution in [0.15, 0.2) is 24.3 Å². The number of hydrogen-bond acceptors (Lipinski definition) is 2. The third-order valence-electron chi connectivity index (χ3n) is 1.53. The second-order valence-electron chi connectivity index (χ2n) is 2.42. The number of nitrogens with zero attached hydrogens (tertiary/aromatic N) is 1. The van der Waals surface area contributed by atoms with E-state index in [4.69, 9.17) is 5.26 Å². The van der Waals surface area contributed by atoms with Crippen molar-refractivity contribution in [2.75, 3.05) is 6.54 Å². The van der Waals surface area contributed by atoms with E-state index < -0.39 is 0 Å². The number of nitrogens with one attached hydrogen (secondary N) is 1. The first-order chi connectivity index (χ1) is 5.83. The van der Waals surface area contributed by atoms with Crippen molar-refractivity contribution in [2.24, 2.45) is 0 Å². The number of rotatable bonds is 3. The molecule has 0 spiro atoms. The molecule has 0 saturated heterocycles. The van der Waals surface area contributed by atoms with Crippen LogP contribution in [0.4, 0.5) is 4.39 Å². The fraction of sp³-hybridized carbons (Fsp3) is 0.222. The third kappa shape index (κ3) is 2.59. The maximum Gasteiger partial charge on any atom is 0.176 e. The van der Waals surface area contributed by atoms with Crippen molar-refractivity contribution in [3.8, 4) is 6.19 Å². The van der Waals surface area contributed by atoms with Crippen LogP contribution in [-0.2, 0) is 6.42 Å². The summed E-state index contributed by atoms with van der Waals surface area (Å²) >= 11 is 0. The quantitative estimate of drug-likeness (QED) is 0.417. The molecule has 0 fully saturated rings. The van der Waals surface area contributed by atoms with Gasteiger partial charge in [0, 0.05) is 6.54 Å². The normalized spacial score (nSPS) is 9.00. The maximum atomic E-state index is 12.4. The van der Waals surface area contributed by atoms with Crippen LogP contribution in [0, 0.1) is 17.3 Å². The standard InChI is InChI=1S/C9H9FN2/c10-9-3-1-8(2-4-9)5-6-12-7-11/h1-4,12H,5-6H2. The van der Waals surface area contributed by atoms with Gasteiger partial charge in [-0.1, -0.05) is 12.1 Å². The van der Waals surface area contributed by atoms with Gasteiger partial charge in [-0.15, -0.1) is 0 Å². The van der Waals surface area contributed by atoms with Crippen molar-refractivity contribution in [1.82, 2.24) is 5.32 Å². The first-order valence-electron chi connectivity index (χ1n) is 3.69.